The van der Waals surface area contributed by atoms with Gasteiger partial charge in [-0.15, -0.1) is 0 Å². The average molecular weight is 329 g/mol. The minimum Gasteiger partial charge on any atom is -0.384 e. The summed E-state index contributed by atoms with van der Waals surface area (Å²) in [6, 6.07) is 4.02. The topological polar surface area (TPSA) is 66.9 Å². The number of aromatic nitrogens is 4. The van der Waals surface area contributed by atoms with E-state index in [4.69, 9.17) is 4.74 Å². The third-order valence-electron chi connectivity index (χ3n) is 4.81. The van der Waals surface area contributed by atoms with E-state index in [1.54, 1.807) is 13.3 Å². The van der Waals surface area contributed by atoms with Gasteiger partial charge in [-0.1, -0.05) is 12.8 Å². The van der Waals surface area contributed by atoms with Crippen LogP contribution in [0.1, 0.15) is 42.8 Å². The Morgan fingerprint density at radius 2 is 1.92 bits per heavy atom. The lowest BCUT2D eigenvalue weighted by molar-refractivity contribution is 0.0871. The van der Waals surface area contributed by atoms with Crippen LogP contribution in [0.15, 0.2) is 18.3 Å². The molecule has 1 fully saturated rings. The van der Waals surface area contributed by atoms with Crippen molar-refractivity contribution in [2.45, 2.75) is 46.1 Å². The first-order valence-electron chi connectivity index (χ1n) is 8.65. The molecule has 2 aromatic rings. The third kappa shape index (κ3) is 3.93. The molecule has 0 atom stereocenters. The van der Waals surface area contributed by atoms with Crippen molar-refractivity contribution in [3.63, 3.8) is 0 Å². The summed E-state index contributed by atoms with van der Waals surface area (Å²) < 4.78 is 5.56. The summed E-state index contributed by atoms with van der Waals surface area (Å²) in [6.07, 6.45) is 6.73. The molecule has 130 valence electrons. The van der Waals surface area contributed by atoms with Crippen molar-refractivity contribution in [2.75, 3.05) is 25.2 Å². The number of H-pyrrole nitrogens is 1. The quantitative estimate of drug-likeness (QED) is 0.846. The highest BCUT2D eigenvalue weighted by Crippen LogP contribution is 2.39. The molecule has 0 bridgehead atoms. The van der Waals surface area contributed by atoms with Gasteiger partial charge in [-0.05, 0) is 38.8 Å². The molecule has 1 aliphatic rings. The van der Waals surface area contributed by atoms with E-state index in [1.807, 2.05) is 26.0 Å². The van der Waals surface area contributed by atoms with E-state index in [1.165, 1.54) is 25.7 Å². The van der Waals surface area contributed by atoms with Gasteiger partial charge < -0.3 is 9.64 Å². The second kappa shape index (κ2) is 7.30. The van der Waals surface area contributed by atoms with Gasteiger partial charge in [-0.25, -0.2) is 9.97 Å². The van der Waals surface area contributed by atoms with E-state index >= 15 is 0 Å². The second-order valence-electron chi connectivity index (χ2n) is 7.03. The van der Waals surface area contributed by atoms with Gasteiger partial charge >= 0.3 is 0 Å². The molecule has 3 rings (SSSR count). The lowest BCUT2D eigenvalue weighted by Crippen LogP contribution is -2.40. The molecule has 0 spiro atoms. The van der Waals surface area contributed by atoms with Gasteiger partial charge in [0.2, 0.25) is 5.95 Å². The van der Waals surface area contributed by atoms with E-state index < -0.39 is 0 Å². The number of hydrogen-bond acceptors (Lipinski definition) is 5. The Labute approximate surface area is 143 Å². The number of anilines is 1. The number of nitrogens with one attached hydrogen (secondary N) is 1. The Bertz CT molecular complexity index is 629. The van der Waals surface area contributed by atoms with E-state index in [9.17, 15) is 0 Å². The minimum absolute atomic E-state index is 0.190. The minimum atomic E-state index is 0.190. The van der Waals surface area contributed by atoms with Gasteiger partial charge in [0.05, 0.1) is 18.8 Å². The van der Waals surface area contributed by atoms with Crippen LogP contribution in [0.25, 0.3) is 0 Å². The first-order valence-corrected chi connectivity index (χ1v) is 8.65. The summed E-state index contributed by atoms with van der Waals surface area (Å²) in [7, 11) is 1.80. The summed E-state index contributed by atoms with van der Waals surface area (Å²) in [6.45, 7) is 6.47. The van der Waals surface area contributed by atoms with Crippen molar-refractivity contribution < 1.29 is 4.74 Å². The zero-order valence-corrected chi connectivity index (χ0v) is 14.9. The van der Waals surface area contributed by atoms with Crippen LogP contribution in [0.2, 0.25) is 0 Å². The maximum absolute atomic E-state index is 5.56. The molecule has 2 aromatic heterocycles. The standard InChI is InChI=1S/C18H27N5O/c1-14-10-15(2)21-17(20-14)23(11-16-6-9-19-22-16)12-18(13-24-3)7-4-5-8-18/h6,9-10H,4-5,7-8,11-13H2,1-3H3,(H,19,22). The van der Waals surface area contributed by atoms with Crippen LogP contribution < -0.4 is 4.90 Å². The van der Waals surface area contributed by atoms with Gasteiger partial charge in [0.1, 0.15) is 0 Å². The predicted octanol–water partition coefficient (Wildman–Crippen LogP) is 3.03. The molecule has 1 N–H and O–H groups in total. The first-order chi connectivity index (χ1) is 11.6. The lowest BCUT2D eigenvalue weighted by Gasteiger charge is -2.35. The molecule has 1 aliphatic carbocycles. The molecule has 2 heterocycles. The van der Waals surface area contributed by atoms with Gasteiger partial charge in [-0.3, -0.25) is 5.10 Å². The van der Waals surface area contributed by atoms with Crippen LogP contribution in [-0.4, -0.2) is 40.4 Å². The molecular formula is C18H27N5O. The second-order valence-corrected chi connectivity index (χ2v) is 7.03. The number of nitrogens with zero attached hydrogens (tertiary/aromatic N) is 4. The molecule has 0 saturated heterocycles. The van der Waals surface area contributed by atoms with Crippen molar-refractivity contribution in [1.82, 2.24) is 20.2 Å². The maximum Gasteiger partial charge on any atom is 0.226 e. The predicted molar refractivity (Wildman–Crippen MR) is 93.9 cm³/mol. The summed E-state index contributed by atoms with van der Waals surface area (Å²) in [5.74, 6) is 0.796. The summed E-state index contributed by atoms with van der Waals surface area (Å²) in [4.78, 5) is 11.7. The van der Waals surface area contributed by atoms with Crippen molar-refractivity contribution in [3.05, 3.63) is 35.4 Å². The van der Waals surface area contributed by atoms with Crippen molar-refractivity contribution in [2.24, 2.45) is 5.41 Å². The van der Waals surface area contributed by atoms with Crippen LogP contribution >= 0.6 is 0 Å². The highest BCUT2D eigenvalue weighted by Gasteiger charge is 2.36. The van der Waals surface area contributed by atoms with Gasteiger partial charge in [-0.2, -0.15) is 5.10 Å². The first kappa shape index (κ1) is 16.9. The smallest absolute Gasteiger partial charge is 0.226 e. The monoisotopic (exact) mass is 329 g/mol. The molecule has 1 saturated carbocycles. The highest BCUT2D eigenvalue weighted by atomic mass is 16.5. The molecule has 0 radical (unpaired) electrons. The van der Waals surface area contributed by atoms with Crippen molar-refractivity contribution in [1.29, 1.82) is 0 Å². The highest BCUT2D eigenvalue weighted by molar-refractivity contribution is 5.34. The van der Waals surface area contributed by atoms with E-state index in [0.29, 0.717) is 0 Å². The fraction of sp³-hybridized carbons (Fsp3) is 0.611. The Hall–Kier alpha value is -1.95. The average Bonchev–Trinajstić information content (AvgIpc) is 3.18. The number of aryl methyl sites for hydroxylation is 2. The molecule has 0 aromatic carbocycles. The van der Waals surface area contributed by atoms with E-state index in [0.717, 1.165) is 42.7 Å². The van der Waals surface area contributed by atoms with Gasteiger partial charge in [0.25, 0.3) is 0 Å². The van der Waals surface area contributed by atoms with Crippen LogP contribution in [0.4, 0.5) is 5.95 Å². The Morgan fingerprint density at radius 3 is 2.50 bits per heavy atom. The summed E-state index contributed by atoms with van der Waals surface area (Å²) >= 11 is 0. The third-order valence-corrected chi connectivity index (χ3v) is 4.81. The molecule has 24 heavy (non-hydrogen) atoms. The summed E-state index contributed by atoms with van der Waals surface area (Å²) in [5, 5.41) is 7.13. The van der Waals surface area contributed by atoms with Gasteiger partial charge in [0, 0.05) is 36.7 Å². The number of rotatable bonds is 7. The van der Waals surface area contributed by atoms with Crippen LogP contribution in [-0.2, 0) is 11.3 Å². The number of aromatic amines is 1. The fourth-order valence-electron chi connectivity index (χ4n) is 3.81. The van der Waals surface area contributed by atoms with Crippen LogP contribution in [0.5, 0.6) is 0 Å². The van der Waals surface area contributed by atoms with Crippen molar-refractivity contribution >= 4 is 5.95 Å². The zero-order chi connectivity index (χ0) is 17.0. The van der Waals surface area contributed by atoms with Crippen LogP contribution in [0.3, 0.4) is 0 Å². The van der Waals surface area contributed by atoms with Crippen LogP contribution in [0, 0.1) is 19.3 Å². The van der Waals surface area contributed by atoms with Gasteiger partial charge in [0.15, 0.2) is 0 Å². The number of ether oxygens (including phenoxy) is 1. The molecule has 6 nitrogen and oxygen atoms in total. The largest absolute Gasteiger partial charge is 0.384 e. The maximum atomic E-state index is 5.56. The molecule has 0 aliphatic heterocycles. The summed E-state index contributed by atoms with van der Waals surface area (Å²) in [5.41, 5.74) is 3.26. The molecule has 6 heteroatoms. The van der Waals surface area contributed by atoms with Crippen molar-refractivity contribution in [3.8, 4) is 0 Å². The Kier molecular flexibility index (Phi) is 5.14. The molecule has 0 unspecified atom stereocenters. The molecule has 0 amide bonds. The number of hydrogen-bond donors (Lipinski definition) is 1. The number of methoxy groups -OCH3 is 1. The lowest BCUT2D eigenvalue weighted by atomic mass is 9.86. The Morgan fingerprint density at radius 1 is 1.21 bits per heavy atom. The van der Waals surface area contributed by atoms with E-state index in [-0.39, 0.29) is 5.41 Å². The Balaban J connectivity index is 1.89. The SMILES string of the molecule is COCC1(CN(Cc2ccn[nH]2)c2nc(C)cc(C)n2)CCCC1. The molecular weight excluding hydrogens is 302 g/mol. The zero-order valence-electron chi connectivity index (χ0n) is 14.9. The fourth-order valence-corrected chi connectivity index (χ4v) is 3.81. The van der Waals surface area contributed by atoms with E-state index in [2.05, 4.69) is 25.1 Å². The normalized spacial score (nSPS) is 16.5.